The number of halogens is 2. The number of hydrogen-bond donors (Lipinski definition) is 1. The molecule has 1 aromatic carbocycles. The molecule has 0 saturated heterocycles. The van der Waals surface area contributed by atoms with Crippen molar-refractivity contribution in [2.45, 2.75) is 27.2 Å². The normalized spacial score (nSPS) is 11.1. The second-order valence-electron chi connectivity index (χ2n) is 5.57. The third kappa shape index (κ3) is 6.26. The first-order valence-electron chi connectivity index (χ1n) is 6.08. The molecule has 0 aliphatic heterocycles. The number of nitrogens with one attached hydrogen (secondary N) is 1. The Labute approximate surface area is 128 Å². The second kappa shape index (κ2) is 6.95. The molecule has 1 rings (SSSR count). The highest BCUT2D eigenvalue weighted by atomic mass is 35.5. The monoisotopic (exact) mass is 317 g/mol. The van der Waals surface area contributed by atoms with Crippen molar-refractivity contribution in [3.63, 3.8) is 0 Å². The van der Waals surface area contributed by atoms with Gasteiger partial charge in [0, 0.05) is 5.02 Å². The molecule has 4 nitrogen and oxygen atoms in total. The van der Waals surface area contributed by atoms with E-state index in [1.807, 2.05) is 20.8 Å². The lowest BCUT2D eigenvalue weighted by molar-refractivity contribution is -0.149. The number of benzene rings is 1. The van der Waals surface area contributed by atoms with Crippen molar-refractivity contribution in [2.75, 3.05) is 11.9 Å². The molecule has 0 heterocycles. The van der Waals surface area contributed by atoms with Crippen LogP contribution in [-0.4, -0.2) is 18.5 Å². The van der Waals surface area contributed by atoms with Crippen LogP contribution in [0, 0.1) is 5.41 Å². The lowest BCUT2D eigenvalue weighted by Crippen LogP contribution is -2.23. The minimum atomic E-state index is -0.448. The molecule has 0 aliphatic carbocycles. The molecular formula is C14H17Cl2NO3. The first kappa shape index (κ1) is 16.8. The Kier molecular flexibility index (Phi) is 5.84. The predicted octanol–water partition coefficient (Wildman–Crippen LogP) is 3.91. The quantitative estimate of drug-likeness (QED) is 0.856. The number of rotatable bonds is 4. The molecule has 0 spiro atoms. The third-order valence-corrected chi connectivity index (χ3v) is 2.79. The maximum Gasteiger partial charge on any atom is 0.306 e. The zero-order valence-corrected chi connectivity index (χ0v) is 13.1. The Bertz CT molecular complexity index is 510. The Hall–Kier alpha value is -1.26. The van der Waals surface area contributed by atoms with Crippen LogP contribution in [0.25, 0.3) is 0 Å². The van der Waals surface area contributed by atoms with Crippen molar-refractivity contribution in [3.05, 3.63) is 28.2 Å². The topological polar surface area (TPSA) is 55.4 Å². The predicted molar refractivity (Wildman–Crippen MR) is 80.1 cm³/mol. The molecule has 0 bridgehead atoms. The van der Waals surface area contributed by atoms with Crippen molar-refractivity contribution >= 4 is 40.8 Å². The lowest BCUT2D eigenvalue weighted by Gasteiger charge is -2.16. The molecule has 0 unspecified atom stereocenters. The molecule has 6 heteroatoms. The summed E-state index contributed by atoms with van der Waals surface area (Å²) in [6.45, 7) is 5.42. The van der Waals surface area contributed by atoms with Crippen LogP contribution in [0.3, 0.4) is 0 Å². The van der Waals surface area contributed by atoms with Gasteiger partial charge >= 0.3 is 5.97 Å². The Morgan fingerprint density at radius 3 is 2.45 bits per heavy atom. The van der Waals surface area contributed by atoms with E-state index in [0.29, 0.717) is 15.7 Å². The highest BCUT2D eigenvalue weighted by Crippen LogP contribution is 2.25. The van der Waals surface area contributed by atoms with Crippen LogP contribution in [0.1, 0.15) is 27.2 Å². The Morgan fingerprint density at radius 2 is 1.90 bits per heavy atom. The van der Waals surface area contributed by atoms with E-state index in [1.165, 1.54) is 6.07 Å². The van der Waals surface area contributed by atoms with Gasteiger partial charge < -0.3 is 10.1 Å². The minimum absolute atomic E-state index is 0.174. The number of carbonyl (C=O) groups is 2. The minimum Gasteiger partial charge on any atom is -0.456 e. The fraction of sp³-hybridized carbons (Fsp3) is 0.429. The van der Waals surface area contributed by atoms with Crippen LogP contribution in [0.4, 0.5) is 5.69 Å². The summed E-state index contributed by atoms with van der Waals surface area (Å²) < 4.78 is 4.90. The molecule has 0 fully saturated rings. The molecule has 0 radical (unpaired) electrons. The van der Waals surface area contributed by atoms with Gasteiger partial charge in [0.2, 0.25) is 0 Å². The van der Waals surface area contributed by atoms with Gasteiger partial charge in [-0.25, -0.2) is 0 Å². The average molecular weight is 318 g/mol. The van der Waals surface area contributed by atoms with Gasteiger partial charge in [-0.15, -0.1) is 0 Å². The zero-order chi connectivity index (χ0) is 15.3. The van der Waals surface area contributed by atoms with Crippen molar-refractivity contribution < 1.29 is 14.3 Å². The summed E-state index contributed by atoms with van der Waals surface area (Å²) in [5, 5.41) is 3.35. The van der Waals surface area contributed by atoms with Crippen LogP contribution in [0.5, 0.6) is 0 Å². The smallest absolute Gasteiger partial charge is 0.306 e. The average Bonchev–Trinajstić information content (AvgIpc) is 2.28. The highest BCUT2D eigenvalue weighted by Gasteiger charge is 2.18. The molecule has 1 N–H and O–H groups in total. The van der Waals surface area contributed by atoms with Crippen molar-refractivity contribution in [1.29, 1.82) is 0 Å². The summed E-state index contributed by atoms with van der Waals surface area (Å²) in [7, 11) is 0. The first-order valence-corrected chi connectivity index (χ1v) is 6.83. The molecule has 110 valence electrons. The summed E-state index contributed by atoms with van der Waals surface area (Å²) in [5.41, 5.74) is 0.250. The van der Waals surface area contributed by atoms with E-state index in [2.05, 4.69) is 5.32 Å². The van der Waals surface area contributed by atoms with E-state index in [4.69, 9.17) is 27.9 Å². The fourth-order valence-corrected chi connectivity index (χ4v) is 1.86. The Morgan fingerprint density at radius 1 is 1.25 bits per heavy atom. The number of anilines is 1. The molecule has 0 atom stereocenters. The van der Waals surface area contributed by atoms with E-state index in [1.54, 1.807) is 12.1 Å². The number of esters is 1. The molecular weight excluding hydrogens is 301 g/mol. The van der Waals surface area contributed by atoms with Crippen molar-refractivity contribution in [1.82, 2.24) is 0 Å². The van der Waals surface area contributed by atoms with E-state index in [9.17, 15) is 9.59 Å². The summed E-state index contributed by atoms with van der Waals surface area (Å²) in [5.74, 6) is -0.855. The summed E-state index contributed by atoms with van der Waals surface area (Å²) >= 11 is 11.7. The maximum absolute atomic E-state index is 11.6. The van der Waals surface area contributed by atoms with Crippen molar-refractivity contribution in [2.24, 2.45) is 5.41 Å². The number of amides is 1. The number of hydrogen-bond acceptors (Lipinski definition) is 3. The van der Waals surface area contributed by atoms with Gasteiger partial charge in [0.1, 0.15) is 0 Å². The molecule has 0 aromatic heterocycles. The number of ether oxygens (including phenoxy) is 1. The molecule has 1 aromatic rings. The molecule has 0 aliphatic rings. The number of carbonyl (C=O) groups excluding carboxylic acids is 2. The zero-order valence-electron chi connectivity index (χ0n) is 11.6. The molecule has 1 amide bonds. The largest absolute Gasteiger partial charge is 0.456 e. The summed E-state index contributed by atoms with van der Waals surface area (Å²) in [4.78, 5) is 23.1. The first-order chi connectivity index (χ1) is 9.17. The van der Waals surface area contributed by atoms with Gasteiger partial charge in [-0.2, -0.15) is 0 Å². The maximum atomic E-state index is 11.6. The van der Waals surface area contributed by atoms with Crippen molar-refractivity contribution in [3.8, 4) is 0 Å². The van der Waals surface area contributed by atoms with E-state index in [-0.39, 0.29) is 18.4 Å². The van der Waals surface area contributed by atoms with E-state index < -0.39 is 11.9 Å². The highest BCUT2D eigenvalue weighted by molar-refractivity contribution is 6.36. The van der Waals surface area contributed by atoms with Crippen LogP contribution in [-0.2, 0) is 14.3 Å². The van der Waals surface area contributed by atoms with Gasteiger partial charge in [0.15, 0.2) is 6.61 Å². The molecule has 0 saturated carbocycles. The van der Waals surface area contributed by atoms with E-state index in [0.717, 1.165) is 0 Å². The van der Waals surface area contributed by atoms with Crippen LogP contribution in [0.2, 0.25) is 10.0 Å². The van der Waals surface area contributed by atoms with Gasteiger partial charge in [-0.05, 0) is 23.6 Å². The van der Waals surface area contributed by atoms with Crippen LogP contribution >= 0.6 is 23.2 Å². The van der Waals surface area contributed by atoms with Gasteiger partial charge in [0.25, 0.3) is 5.91 Å². The van der Waals surface area contributed by atoms with Gasteiger partial charge in [-0.1, -0.05) is 44.0 Å². The second-order valence-corrected chi connectivity index (χ2v) is 6.41. The van der Waals surface area contributed by atoms with Gasteiger partial charge in [-0.3, -0.25) is 9.59 Å². The molecule has 20 heavy (non-hydrogen) atoms. The SMILES string of the molecule is CC(C)(C)CC(=O)OCC(=O)Nc1ccc(Cl)cc1Cl. The van der Waals surface area contributed by atoms with E-state index >= 15 is 0 Å². The Balaban J connectivity index is 2.46. The summed E-state index contributed by atoms with van der Waals surface area (Å²) in [6, 6.07) is 4.71. The van der Waals surface area contributed by atoms with Crippen LogP contribution in [0.15, 0.2) is 18.2 Å². The standard InChI is InChI=1S/C14H17Cl2NO3/c1-14(2,3)7-13(19)20-8-12(18)17-11-5-4-9(15)6-10(11)16/h4-6H,7-8H2,1-3H3,(H,17,18). The third-order valence-electron chi connectivity index (χ3n) is 2.24. The van der Waals surface area contributed by atoms with Gasteiger partial charge in [0.05, 0.1) is 17.1 Å². The summed E-state index contributed by atoms with van der Waals surface area (Å²) in [6.07, 6.45) is 0.252. The fourth-order valence-electron chi connectivity index (χ4n) is 1.41. The lowest BCUT2D eigenvalue weighted by atomic mass is 9.93. The van der Waals surface area contributed by atoms with Crippen LogP contribution < -0.4 is 5.32 Å².